The van der Waals surface area contributed by atoms with Crippen molar-refractivity contribution >= 4 is 17.4 Å². The Morgan fingerprint density at radius 3 is 0.429 bits per heavy atom. The molecule has 0 aliphatic rings. The minimum Gasteiger partial charge on any atom is -1.00 e. The van der Waals surface area contributed by atoms with Crippen molar-refractivity contribution in [2.45, 2.75) is 0 Å². The van der Waals surface area contributed by atoms with Gasteiger partial charge >= 0.3 is 38.4 Å². The molecule has 0 atom stereocenters. The van der Waals surface area contributed by atoms with E-state index in [2.05, 4.69) is 0 Å². The summed E-state index contributed by atoms with van der Waals surface area (Å²) in [7, 11) is 0. The van der Waals surface area contributed by atoms with Gasteiger partial charge in [-0.05, 0) is 0 Å². The van der Waals surface area contributed by atoms with Crippen LogP contribution < -0.4 is 62.0 Å². The van der Waals surface area contributed by atoms with Crippen molar-refractivity contribution in [3.63, 3.8) is 0 Å². The summed E-state index contributed by atoms with van der Waals surface area (Å²) < 4.78 is 0. The van der Waals surface area contributed by atoms with Gasteiger partial charge in [-0.15, -0.1) is 0 Å². The second-order valence-electron chi connectivity index (χ2n) is 0. The largest absolute Gasteiger partial charge is 3.00 e. The molecule has 0 saturated carbocycles. The van der Waals surface area contributed by atoms with Crippen molar-refractivity contribution in [2.24, 2.45) is 0 Å². The third kappa shape index (κ3) is 54.1. The molecule has 0 N–H and O–H groups in total. The molecule has 0 aromatic carbocycles. The van der Waals surface area contributed by atoms with E-state index < -0.39 is 0 Å². The summed E-state index contributed by atoms with van der Waals surface area (Å²) in [5.41, 5.74) is 0. The number of hydrogen-bond donors (Lipinski definition) is 0. The maximum absolute atomic E-state index is 0. The third-order valence-electron chi connectivity index (χ3n) is 0. The van der Waals surface area contributed by atoms with Gasteiger partial charge in [0.2, 0.25) is 0 Å². The maximum Gasteiger partial charge on any atom is 3.00 e. The summed E-state index contributed by atoms with van der Waals surface area (Å²) in [5, 5.41) is 0. The zero-order valence-electron chi connectivity index (χ0n) is 2.78. The number of hydrogen-bond acceptors (Lipinski definition) is 0. The number of rotatable bonds is 0. The molecule has 0 unspecified atom stereocenters. The first-order valence-corrected chi connectivity index (χ1v) is 0. The quantitative estimate of drug-likeness (QED) is 0.355. The van der Waals surface area contributed by atoms with Crippen LogP contribution in [0, 0.1) is 0 Å². The van der Waals surface area contributed by atoms with Gasteiger partial charge in [-0.3, -0.25) is 0 Å². The van der Waals surface area contributed by atoms with E-state index in [9.17, 15) is 0 Å². The predicted octanol–water partition coefficient (Wildman–Crippen LogP) is -15.4. The summed E-state index contributed by atoms with van der Waals surface area (Å²) in [6.45, 7) is 0. The van der Waals surface area contributed by atoms with Crippen LogP contribution in [-0.4, -0.2) is 17.4 Å². The topological polar surface area (TPSA) is 0 Å². The van der Waals surface area contributed by atoms with E-state index in [0.29, 0.717) is 0 Å². The molecule has 0 aromatic rings. The molecule has 48 valence electrons. The average molecular weight is 399 g/mol. The van der Waals surface area contributed by atoms with Crippen molar-refractivity contribution in [1.82, 2.24) is 0 Å². The van der Waals surface area contributed by atoms with Crippen LogP contribution in [0.1, 0.15) is 0 Å². The van der Waals surface area contributed by atoms with Crippen LogP contribution in [0.15, 0.2) is 0 Å². The third-order valence-corrected chi connectivity index (χ3v) is 0. The molecule has 0 radical (unpaired) electrons. The van der Waals surface area contributed by atoms with Crippen LogP contribution in [0.2, 0.25) is 0 Å². The first kappa shape index (κ1) is 102. The Labute approximate surface area is 99.4 Å². The molecule has 0 saturated heterocycles. The minimum absolute atomic E-state index is 0. The molecule has 0 nitrogen and oxygen atoms in total. The van der Waals surface area contributed by atoms with Crippen LogP contribution in [0.25, 0.3) is 0 Å². The van der Waals surface area contributed by atoms with Gasteiger partial charge in [-0.1, -0.05) is 0 Å². The molecule has 7 heavy (non-hydrogen) atoms. The fourth-order valence-electron chi connectivity index (χ4n) is 0. The van der Waals surface area contributed by atoms with Crippen molar-refractivity contribution < 1.29 is 83.1 Å². The van der Waals surface area contributed by atoms with Gasteiger partial charge in [0.15, 0.2) is 0 Å². The van der Waals surface area contributed by atoms with Crippen LogP contribution >= 0.6 is 0 Å². The van der Waals surface area contributed by atoms with Gasteiger partial charge in [0.05, 0.1) is 0 Å². The van der Waals surface area contributed by atoms with Crippen molar-refractivity contribution in [3.05, 3.63) is 0 Å². The van der Waals surface area contributed by atoms with Crippen molar-refractivity contribution in [1.29, 1.82) is 0 Å². The number of halogens is 5. The van der Waals surface area contributed by atoms with Crippen LogP contribution in [0.4, 0.5) is 0 Å². The van der Waals surface area contributed by atoms with Gasteiger partial charge in [0, 0.05) is 0 Å². The molecule has 0 bridgehead atoms. The molecule has 0 rings (SSSR count). The summed E-state index contributed by atoms with van der Waals surface area (Å²) >= 11 is 0. The van der Waals surface area contributed by atoms with Crippen LogP contribution in [0.3, 0.4) is 0 Å². The van der Waals surface area contributed by atoms with Crippen molar-refractivity contribution in [2.75, 3.05) is 0 Å². The van der Waals surface area contributed by atoms with E-state index in [-0.39, 0.29) is 100 Å². The van der Waals surface area contributed by atoms with E-state index in [1.54, 1.807) is 0 Å². The van der Waals surface area contributed by atoms with Crippen LogP contribution in [0.5, 0.6) is 0 Å². The predicted molar refractivity (Wildman–Crippen MR) is 5.75 cm³/mol. The Kier molecular flexibility index (Phi) is 1040. The van der Waals surface area contributed by atoms with Gasteiger partial charge in [0.1, 0.15) is 0 Å². The van der Waals surface area contributed by atoms with Crippen LogP contribution in [-0.2, 0) is 21.1 Å². The van der Waals surface area contributed by atoms with E-state index in [4.69, 9.17) is 0 Å². The molecule has 0 aliphatic heterocycles. The Morgan fingerprint density at radius 1 is 0.429 bits per heavy atom. The standard InChI is InChI=1S/Al.5ClH.Pt/h;5*1H;/q+3;;;;;;+2/p-5. The fraction of sp³-hybridized carbons (Fsp3) is 0. The molecular formula is AlCl5Pt. The first-order valence-electron chi connectivity index (χ1n) is 0. The Bertz CT molecular complexity index is 8.04. The molecule has 0 amide bonds. The molecular weight excluding hydrogens is 399 g/mol. The zero-order valence-corrected chi connectivity index (χ0v) is 9.99. The molecule has 7 heteroatoms. The summed E-state index contributed by atoms with van der Waals surface area (Å²) in [4.78, 5) is 0. The maximum atomic E-state index is 0. The SMILES string of the molecule is [Al+3].[Cl-].[Cl-].[Cl-].[Cl-].[Cl-].[Pt+2]. The zero-order chi connectivity index (χ0) is 0. The average Bonchev–Trinajstić information content (AvgIpc) is 0. The van der Waals surface area contributed by atoms with Gasteiger partial charge in [-0.25, -0.2) is 0 Å². The summed E-state index contributed by atoms with van der Waals surface area (Å²) in [5.74, 6) is 0. The van der Waals surface area contributed by atoms with E-state index in [1.165, 1.54) is 0 Å². The summed E-state index contributed by atoms with van der Waals surface area (Å²) in [6.07, 6.45) is 0. The molecule has 0 aliphatic carbocycles. The Morgan fingerprint density at radius 2 is 0.429 bits per heavy atom. The Hall–Kier alpha value is 2.67. The van der Waals surface area contributed by atoms with Gasteiger partial charge in [0.25, 0.3) is 0 Å². The first-order chi connectivity index (χ1) is 0. The fourth-order valence-corrected chi connectivity index (χ4v) is 0. The molecule has 0 heterocycles. The van der Waals surface area contributed by atoms with Gasteiger partial charge in [-0.2, -0.15) is 0 Å². The Balaban J connectivity index is 0. The van der Waals surface area contributed by atoms with Gasteiger partial charge < -0.3 is 62.0 Å². The monoisotopic (exact) mass is 397 g/mol. The second-order valence-corrected chi connectivity index (χ2v) is 0. The van der Waals surface area contributed by atoms with E-state index >= 15 is 0 Å². The molecule has 0 spiro atoms. The molecule has 0 fully saturated rings. The van der Waals surface area contributed by atoms with E-state index in [1.807, 2.05) is 0 Å². The summed E-state index contributed by atoms with van der Waals surface area (Å²) in [6, 6.07) is 0. The second kappa shape index (κ2) is 71.5. The smallest absolute Gasteiger partial charge is 1.00 e. The van der Waals surface area contributed by atoms with Crippen molar-refractivity contribution in [3.8, 4) is 0 Å². The van der Waals surface area contributed by atoms with E-state index in [0.717, 1.165) is 0 Å². The molecule has 0 aromatic heterocycles. The normalized spacial score (nSPS) is 0. The minimum atomic E-state index is 0.